The average molecular weight is 489 g/mol. The third kappa shape index (κ3) is 4.43. The van der Waals surface area contributed by atoms with E-state index >= 15 is 0 Å². The molecule has 3 aromatic rings. The highest BCUT2D eigenvalue weighted by Gasteiger charge is 2.39. The minimum atomic E-state index is -3.73. The maximum atomic E-state index is 13.2. The Morgan fingerprint density at radius 2 is 1.71 bits per heavy atom. The van der Waals surface area contributed by atoms with Crippen LogP contribution >= 0.6 is 0 Å². The van der Waals surface area contributed by atoms with Crippen LogP contribution in [0.2, 0.25) is 0 Å². The van der Waals surface area contributed by atoms with Gasteiger partial charge in [-0.25, -0.2) is 8.42 Å². The number of benzene rings is 3. The summed E-state index contributed by atoms with van der Waals surface area (Å²) in [7, 11) is -3.73. The summed E-state index contributed by atoms with van der Waals surface area (Å²) in [5, 5.41) is 3.76. The molecular formula is C29H32N2O3S. The third-order valence-corrected chi connectivity index (χ3v) is 8.49. The second-order valence-corrected chi connectivity index (χ2v) is 11.3. The Labute approximate surface area is 208 Å². The van der Waals surface area contributed by atoms with E-state index in [-0.39, 0.29) is 16.9 Å². The summed E-state index contributed by atoms with van der Waals surface area (Å²) < 4.78 is 34.6. The summed E-state index contributed by atoms with van der Waals surface area (Å²) in [4.78, 5) is 0.270. The topological polar surface area (TPSA) is 67.4 Å². The molecule has 1 aliphatic heterocycles. The predicted octanol–water partition coefficient (Wildman–Crippen LogP) is 6.64. The van der Waals surface area contributed by atoms with Crippen LogP contribution in [-0.4, -0.2) is 15.0 Å². The van der Waals surface area contributed by atoms with Gasteiger partial charge < -0.3 is 10.1 Å². The van der Waals surface area contributed by atoms with Gasteiger partial charge in [-0.05, 0) is 105 Å². The zero-order valence-corrected chi connectivity index (χ0v) is 21.4. The molecule has 0 amide bonds. The van der Waals surface area contributed by atoms with Gasteiger partial charge in [0.15, 0.2) is 0 Å². The van der Waals surface area contributed by atoms with Gasteiger partial charge >= 0.3 is 0 Å². The lowest BCUT2D eigenvalue weighted by molar-refractivity contribution is 0.340. The van der Waals surface area contributed by atoms with E-state index in [0.717, 1.165) is 17.7 Å². The van der Waals surface area contributed by atoms with Crippen LogP contribution in [-0.2, 0) is 10.0 Å². The molecule has 5 rings (SSSR count). The Morgan fingerprint density at radius 3 is 2.40 bits per heavy atom. The molecule has 0 saturated carbocycles. The van der Waals surface area contributed by atoms with Crippen molar-refractivity contribution in [2.24, 2.45) is 5.92 Å². The number of aryl methyl sites for hydroxylation is 3. The van der Waals surface area contributed by atoms with Crippen molar-refractivity contribution in [3.05, 3.63) is 94.6 Å². The Kier molecular flexibility index (Phi) is 6.09. The molecule has 3 atom stereocenters. The number of fused-ring (bicyclic) bond motifs is 3. The Morgan fingerprint density at radius 1 is 1.00 bits per heavy atom. The highest BCUT2D eigenvalue weighted by atomic mass is 32.2. The summed E-state index contributed by atoms with van der Waals surface area (Å²) in [5.74, 6) is 1.24. The van der Waals surface area contributed by atoms with Crippen molar-refractivity contribution in [3.8, 4) is 5.75 Å². The molecule has 6 heteroatoms. The number of ether oxygens (including phenoxy) is 1. The minimum absolute atomic E-state index is 0.178. The van der Waals surface area contributed by atoms with Crippen molar-refractivity contribution >= 4 is 21.4 Å². The maximum Gasteiger partial charge on any atom is 0.261 e. The van der Waals surface area contributed by atoms with E-state index < -0.39 is 10.0 Å². The second kappa shape index (κ2) is 9.08. The lowest BCUT2D eigenvalue weighted by Gasteiger charge is -2.39. The number of nitrogens with one attached hydrogen (secondary N) is 2. The summed E-state index contributed by atoms with van der Waals surface area (Å²) in [6.45, 7) is 8.99. The Bertz CT molecular complexity index is 1370. The van der Waals surface area contributed by atoms with E-state index in [4.69, 9.17) is 4.74 Å². The van der Waals surface area contributed by atoms with Gasteiger partial charge in [0.1, 0.15) is 5.75 Å². The quantitative estimate of drug-likeness (QED) is 0.382. The van der Waals surface area contributed by atoms with Gasteiger partial charge in [0, 0.05) is 17.3 Å². The number of sulfonamides is 1. The van der Waals surface area contributed by atoms with Crippen LogP contribution in [0.4, 0.5) is 11.4 Å². The molecule has 0 fully saturated rings. The number of rotatable bonds is 6. The van der Waals surface area contributed by atoms with E-state index in [1.54, 1.807) is 30.3 Å². The van der Waals surface area contributed by atoms with Gasteiger partial charge in [-0.1, -0.05) is 29.8 Å². The first-order valence-electron chi connectivity index (χ1n) is 12.2. The zero-order valence-electron chi connectivity index (χ0n) is 20.6. The first-order valence-corrected chi connectivity index (χ1v) is 13.7. The maximum absolute atomic E-state index is 13.2. The van der Waals surface area contributed by atoms with Crippen LogP contribution in [0.1, 0.15) is 53.1 Å². The molecule has 3 aromatic carbocycles. The minimum Gasteiger partial charge on any atom is -0.494 e. The molecule has 5 nitrogen and oxygen atoms in total. The zero-order chi connectivity index (χ0) is 24.7. The first kappa shape index (κ1) is 23.5. The molecule has 0 bridgehead atoms. The van der Waals surface area contributed by atoms with Gasteiger partial charge in [-0.2, -0.15) is 0 Å². The molecule has 3 unspecified atom stereocenters. The van der Waals surface area contributed by atoms with Crippen LogP contribution in [0.15, 0.2) is 71.6 Å². The van der Waals surface area contributed by atoms with E-state index in [2.05, 4.69) is 55.1 Å². The third-order valence-electron chi connectivity index (χ3n) is 7.11. The molecule has 2 N–H and O–H groups in total. The van der Waals surface area contributed by atoms with Crippen molar-refractivity contribution in [2.75, 3.05) is 16.6 Å². The van der Waals surface area contributed by atoms with Gasteiger partial charge in [-0.3, -0.25) is 4.72 Å². The largest absolute Gasteiger partial charge is 0.494 e. The van der Waals surface area contributed by atoms with Crippen LogP contribution in [0.25, 0.3) is 0 Å². The van der Waals surface area contributed by atoms with Gasteiger partial charge in [-0.15, -0.1) is 0 Å². The number of allylic oxidation sites excluding steroid dienone is 2. The van der Waals surface area contributed by atoms with Gasteiger partial charge in [0.25, 0.3) is 10.0 Å². The van der Waals surface area contributed by atoms with Crippen LogP contribution in [0.3, 0.4) is 0 Å². The predicted molar refractivity (Wildman–Crippen MR) is 142 cm³/mol. The van der Waals surface area contributed by atoms with Crippen LogP contribution in [0, 0.1) is 26.7 Å². The molecule has 0 aromatic heterocycles. The van der Waals surface area contributed by atoms with Crippen molar-refractivity contribution in [1.82, 2.24) is 0 Å². The van der Waals surface area contributed by atoms with E-state index in [1.807, 2.05) is 19.1 Å². The molecule has 1 heterocycles. The smallest absolute Gasteiger partial charge is 0.261 e. The van der Waals surface area contributed by atoms with Gasteiger partial charge in [0.05, 0.1) is 17.5 Å². The fraction of sp³-hybridized carbons (Fsp3) is 0.310. The van der Waals surface area contributed by atoms with E-state index in [0.29, 0.717) is 24.0 Å². The standard InChI is InChI=1S/C29H32N2O3S/c1-5-34-22-11-9-21(10-12-22)31-35(32,33)23-13-14-27-26(17-23)24-7-6-8-25(24)29(30-27)28-19(3)15-18(2)16-20(28)4/h6-7,9-17,24-25,29-31H,5,8H2,1-4H3. The average Bonchev–Trinajstić information content (AvgIpc) is 3.30. The highest BCUT2D eigenvalue weighted by Crippen LogP contribution is 2.51. The lowest BCUT2D eigenvalue weighted by atomic mass is 9.75. The van der Waals surface area contributed by atoms with E-state index in [9.17, 15) is 8.42 Å². The lowest BCUT2D eigenvalue weighted by Crippen LogP contribution is -2.30. The van der Waals surface area contributed by atoms with E-state index in [1.165, 1.54) is 22.3 Å². The summed E-state index contributed by atoms with van der Waals surface area (Å²) in [5.41, 5.74) is 7.78. The van der Waals surface area contributed by atoms with Crippen molar-refractivity contribution in [1.29, 1.82) is 0 Å². The fourth-order valence-corrected chi connectivity index (χ4v) is 6.80. The normalized spacial score (nSPS) is 20.6. The summed E-state index contributed by atoms with van der Waals surface area (Å²) in [6.07, 6.45) is 5.44. The molecular weight excluding hydrogens is 456 g/mol. The van der Waals surface area contributed by atoms with Crippen molar-refractivity contribution in [2.45, 2.75) is 51.0 Å². The summed E-state index contributed by atoms with van der Waals surface area (Å²) >= 11 is 0. The number of anilines is 2. The molecule has 1 aliphatic carbocycles. The Balaban J connectivity index is 1.46. The second-order valence-electron chi connectivity index (χ2n) is 9.60. The summed E-state index contributed by atoms with van der Waals surface area (Å²) in [6, 6.07) is 17.1. The van der Waals surface area contributed by atoms with Crippen LogP contribution < -0.4 is 14.8 Å². The molecule has 0 spiro atoms. The molecule has 35 heavy (non-hydrogen) atoms. The van der Waals surface area contributed by atoms with Gasteiger partial charge in [0.2, 0.25) is 0 Å². The Hall–Kier alpha value is -3.25. The fourth-order valence-electron chi connectivity index (χ4n) is 5.71. The van der Waals surface area contributed by atoms with Crippen LogP contribution in [0.5, 0.6) is 5.75 Å². The van der Waals surface area contributed by atoms with Crippen molar-refractivity contribution in [3.63, 3.8) is 0 Å². The SMILES string of the molecule is CCOc1ccc(NS(=O)(=O)c2ccc3c(c2)C2C=CCC2C(c2c(C)cc(C)cc2C)N3)cc1. The molecule has 0 saturated heterocycles. The number of hydrogen-bond acceptors (Lipinski definition) is 4. The first-order chi connectivity index (χ1) is 16.8. The molecule has 0 radical (unpaired) electrons. The van der Waals surface area contributed by atoms with Crippen molar-refractivity contribution < 1.29 is 13.2 Å². The monoisotopic (exact) mass is 488 g/mol. The molecule has 182 valence electrons. The number of hydrogen-bond donors (Lipinski definition) is 2. The highest BCUT2D eigenvalue weighted by molar-refractivity contribution is 7.92. The molecule has 2 aliphatic rings.